The third-order valence-corrected chi connectivity index (χ3v) is 14.3. The van der Waals surface area contributed by atoms with Crippen LogP contribution >= 0.6 is 0 Å². The molecule has 0 N–H and O–H groups in total. The summed E-state index contributed by atoms with van der Waals surface area (Å²) in [5.74, 6) is 0.238. The van der Waals surface area contributed by atoms with Gasteiger partial charge >= 0.3 is 0 Å². The molecule has 2 nitrogen and oxygen atoms in total. The average molecular weight is 817 g/mol. The van der Waals surface area contributed by atoms with Crippen LogP contribution in [0.25, 0.3) is 66.4 Å². The first-order valence-electron chi connectivity index (χ1n) is 22.6. The van der Waals surface area contributed by atoms with Gasteiger partial charge in [0.25, 0.3) is 0 Å². The van der Waals surface area contributed by atoms with E-state index < -0.39 is 5.41 Å². The van der Waals surface area contributed by atoms with Crippen LogP contribution in [0.1, 0.15) is 41.2 Å². The number of allylic oxidation sites excluding steroid dienone is 4. The van der Waals surface area contributed by atoms with E-state index in [1.54, 1.807) is 0 Å². The van der Waals surface area contributed by atoms with E-state index in [2.05, 4.69) is 247 Å². The molecule has 9 aromatic carbocycles. The predicted octanol–water partition coefficient (Wildman–Crippen LogP) is 15.9. The Balaban J connectivity index is 0.977. The molecule has 2 heteroatoms. The second-order valence-corrected chi connectivity index (χ2v) is 17.7. The molecule has 0 radical (unpaired) electrons. The Morgan fingerprint density at radius 2 is 0.953 bits per heavy atom. The summed E-state index contributed by atoms with van der Waals surface area (Å²) in [6, 6.07) is 81.0. The minimum atomic E-state index is -0.417. The maximum Gasteiger partial charge on any atom is 0.0726 e. The van der Waals surface area contributed by atoms with Crippen LogP contribution in [-0.2, 0) is 5.41 Å². The number of nitrogens with zero attached hydrogens (tertiary/aromatic N) is 2. The van der Waals surface area contributed by atoms with Gasteiger partial charge in [0.05, 0.1) is 16.4 Å². The highest BCUT2D eigenvalue weighted by Gasteiger charge is 2.51. The van der Waals surface area contributed by atoms with Gasteiger partial charge in [-0.05, 0) is 134 Å². The normalized spacial score (nSPS) is 15.4. The Morgan fingerprint density at radius 3 is 1.62 bits per heavy atom. The monoisotopic (exact) mass is 816 g/mol. The molecule has 1 unspecified atom stereocenters. The molecule has 0 aliphatic heterocycles. The zero-order valence-corrected chi connectivity index (χ0v) is 35.6. The molecule has 10 aromatic rings. The molecule has 0 fully saturated rings. The Kier molecular flexibility index (Phi) is 8.20. The molecular formula is C62H44N2. The lowest BCUT2D eigenvalue weighted by atomic mass is 9.70. The summed E-state index contributed by atoms with van der Waals surface area (Å²) in [6.45, 7) is 2.40. The highest BCUT2D eigenvalue weighted by atomic mass is 15.2. The van der Waals surface area contributed by atoms with E-state index in [0.29, 0.717) is 0 Å². The Labute approximate surface area is 374 Å². The lowest BCUT2D eigenvalue weighted by Crippen LogP contribution is -2.27. The van der Waals surface area contributed by atoms with Gasteiger partial charge in [-0.3, -0.25) is 0 Å². The van der Waals surface area contributed by atoms with E-state index in [1.165, 1.54) is 106 Å². The van der Waals surface area contributed by atoms with Crippen molar-refractivity contribution >= 4 is 38.8 Å². The summed E-state index contributed by atoms with van der Waals surface area (Å²) in [6.07, 6.45) is 5.70. The molecule has 13 rings (SSSR count). The van der Waals surface area contributed by atoms with Gasteiger partial charge in [-0.1, -0.05) is 177 Å². The fourth-order valence-electron chi connectivity index (χ4n) is 11.5. The second kappa shape index (κ2) is 14.3. The largest absolute Gasteiger partial charge is 0.314 e. The van der Waals surface area contributed by atoms with Gasteiger partial charge in [0.1, 0.15) is 0 Å². The maximum absolute atomic E-state index is 2.53. The molecule has 3 aliphatic carbocycles. The molecular weight excluding hydrogens is 773 g/mol. The van der Waals surface area contributed by atoms with Crippen molar-refractivity contribution in [3.8, 4) is 39.1 Å². The lowest BCUT2D eigenvalue weighted by molar-refractivity contribution is 0.680. The summed E-state index contributed by atoms with van der Waals surface area (Å²) < 4.78 is 2.40. The third kappa shape index (κ3) is 5.33. The number of fused-ring (bicyclic) bond motifs is 13. The SMILES string of the molecule is CC1CC(c2ccc3c(c2)c2ccccc2n3-c2ccccc2)=CC=C1N(c1ccc(-c2ccccc2)cc1)c1ccc2c(c1)C1(c3ccccc3-c3ccccc31)c1ccccc1-2. The van der Waals surface area contributed by atoms with E-state index in [0.717, 1.165) is 12.1 Å². The Bertz CT molecular complexity index is 3470. The van der Waals surface area contributed by atoms with Crippen molar-refractivity contribution in [2.45, 2.75) is 18.8 Å². The topological polar surface area (TPSA) is 8.17 Å². The predicted molar refractivity (Wildman–Crippen MR) is 267 cm³/mol. The molecule has 302 valence electrons. The van der Waals surface area contributed by atoms with Crippen LogP contribution in [0, 0.1) is 5.92 Å². The number of hydrogen-bond acceptors (Lipinski definition) is 1. The van der Waals surface area contributed by atoms with Gasteiger partial charge < -0.3 is 9.47 Å². The summed E-state index contributed by atoms with van der Waals surface area (Å²) in [5.41, 5.74) is 22.6. The minimum absolute atomic E-state index is 0.238. The van der Waals surface area contributed by atoms with Crippen molar-refractivity contribution in [2.24, 2.45) is 5.92 Å². The highest BCUT2D eigenvalue weighted by molar-refractivity contribution is 6.10. The number of hydrogen-bond donors (Lipinski definition) is 0. The number of rotatable bonds is 6. The molecule has 1 heterocycles. The van der Waals surface area contributed by atoms with Crippen LogP contribution in [0.2, 0.25) is 0 Å². The second-order valence-electron chi connectivity index (χ2n) is 17.7. The first kappa shape index (κ1) is 36.7. The highest BCUT2D eigenvalue weighted by Crippen LogP contribution is 2.63. The lowest BCUT2D eigenvalue weighted by Gasteiger charge is -2.35. The Morgan fingerprint density at radius 1 is 0.422 bits per heavy atom. The molecule has 0 amide bonds. The summed E-state index contributed by atoms with van der Waals surface area (Å²) in [4.78, 5) is 2.53. The van der Waals surface area contributed by atoms with E-state index in [9.17, 15) is 0 Å². The number of anilines is 2. The molecule has 0 saturated carbocycles. The van der Waals surface area contributed by atoms with Gasteiger partial charge in [0.15, 0.2) is 0 Å². The van der Waals surface area contributed by atoms with Crippen molar-refractivity contribution in [2.75, 3.05) is 4.90 Å². The van der Waals surface area contributed by atoms with Crippen LogP contribution < -0.4 is 4.90 Å². The fraction of sp³-hybridized carbons (Fsp3) is 0.0645. The molecule has 0 bridgehead atoms. The van der Waals surface area contributed by atoms with Crippen LogP contribution in [0.15, 0.2) is 236 Å². The first-order chi connectivity index (χ1) is 31.7. The van der Waals surface area contributed by atoms with Crippen molar-refractivity contribution in [3.63, 3.8) is 0 Å². The minimum Gasteiger partial charge on any atom is -0.314 e. The van der Waals surface area contributed by atoms with E-state index in [1.807, 2.05) is 0 Å². The van der Waals surface area contributed by atoms with Gasteiger partial charge in [-0.25, -0.2) is 0 Å². The van der Waals surface area contributed by atoms with Gasteiger partial charge in [-0.15, -0.1) is 0 Å². The van der Waals surface area contributed by atoms with Crippen molar-refractivity contribution in [1.29, 1.82) is 0 Å². The molecule has 64 heavy (non-hydrogen) atoms. The standard InChI is InChI=1S/C62H44N2/c1-41-38-44(45-31-37-61-54(39-45)53-23-11-15-27-60(53)64(61)46-18-6-3-7-19-46)30-36-59(41)63(47-32-28-43(29-33-47)42-16-4-2-5-17-42)48-34-35-52-51-22-10-14-26-57(51)62(58(52)40-48)55-24-12-8-20-49(55)50-21-9-13-25-56(50)62/h2-37,39-41H,38H2,1H3. The van der Waals surface area contributed by atoms with Crippen LogP contribution in [0.4, 0.5) is 11.4 Å². The summed E-state index contributed by atoms with van der Waals surface area (Å²) in [5, 5.41) is 2.56. The summed E-state index contributed by atoms with van der Waals surface area (Å²) >= 11 is 0. The van der Waals surface area contributed by atoms with Crippen molar-refractivity contribution in [1.82, 2.24) is 4.57 Å². The number of aromatic nitrogens is 1. The zero-order chi connectivity index (χ0) is 42.4. The first-order valence-corrected chi connectivity index (χ1v) is 22.6. The maximum atomic E-state index is 2.53. The quantitative estimate of drug-likeness (QED) is 0.162. The van der Waals surface area contributed by atoms with E-state index in [-0.39, 0.29) is 5.92 Å². The fourth-order valence-corrected chi connectivity index (χ4v) is 11.5. The van der Waals surface area contributed by atoms with Crippen LogP contribution in [-0.4, -0.2) is 4.57 Å². The molecule has 1 atom stereocenters. The van der Waals surface area contributed by atoms with Gasteiger partial charge in [0.2, 0.25) is 0 Å². The smallest absolute Gasteiger partial charge is 0.0726 e. The molecule has 1 spiro atoms. The average Bonchev–Trinajstić information content (AvgIpc) is 3.97. The summed E-state index contributed by atoms with van der Waals surface area (Å²) in [7, 11) is 0. The van der Waals surface area contributed by atoms with Gasteiger partial charge in [-0.2, -0.15) is 0 Å². The molecule has 0 saturated heterocycles. The van der Waals surface area contributed by atoms with E-state index in [4.69, 9.17) is 0 Å². The molecule has 1 aromatic heterocycles. The molecule has 3 aliphatic rings. The Hall–Kier alpha value is -7.94. The van der Waals surface area contributed by atoms with Crippen LogP contribution in [0.3, 0.4) is 0 Å². The number of para-hydroxylation sites is 2. The van der Waals surface area contributed by atoms with Gasteiger partial charge in [0, 0.05) is 39.4 Å². The van der Waals surface area contributed by atoms with E-state index >= 15 is 0 Å². The number of benzene rings is 9. The van der Waals surface area contributed by atoms with Crippen molar-refractivity contribution in [3.05, 3.63) is 264 Å². The van der Waals surface area contributed by atoms with Crippen LogP contribution in [0.5, 0.6) is 0 Å². The zero-order valence-electron chi connectivity index (χ0n) is 35.6. The third-order valence-electron chi connectivity index (χ3n) is 14.3. The van der Waals surface area contributed by atoms with Crippen molar-refractivity contribution < 1.29 is 0 Å².